The third-order valence-electron chi connectivity index (χ3n) is 6.49. The fourth-order valence-electron chi connectivity index (χ4n) is 4.65. The molecule has 1 amide bonds. The molecule has 2 aromatic carbocycles. The predicted molar refractivity (Wildman–Crippen MR) is 140 cm³/mol. The van der Waals surface area contributed by atoms with Crippen molar-refractivity contribution in [3.05, 3.63) is 83.0 Å². The fraction of sp³-hybridized carbons (Fsp3) is 0.296. The second-order valence-electron chi connectivity index (χ2n) is 9.00. The van der Waals surface area contributed by atoms with Crippen LogP contribution >= 0.6 is 11.6 Å². The molecular formula is C27H28ClN7O. The van der Waals surface area contributed by atoms with Crippen LogP contribution in [0.5, 0.6) is 0 Å². The Kier molecular flexibility index (Phi) is 7.52. The van der Waals surface area contributed by atoms with Gasteiger partial charge in [-0.05, 0) is 59.5 Å². The van der Waals surface area contributed by atoms with Gasteiger partial charge in [-0.15, -0.1) is 5.10 Å². The third kappa shape index (κ3) is 5.71. The summed E-state index contributed by atoms with van der Waals surface area (Å²) in [5.41, 5.74) is 4.95. The third-order valence-corrected chi connectivity index (χ3v) is 6.72. The van der Waals surface area contributed by atoms with Crippen molar-refractivity contribution in [1.29, 1.82) is 0 Å². The van der Waals surface area contributed by atoms with Crippen molar-refractivity contribution in [2.45, 2.75) is 51.0 Å². The Balaban J connectivity index is 1.37. The molecule has 2 N–H and O–H groups in total. The highest BCUT2D eigenvalue weighted by Gasteiger charge is 2.18. The van der Waals surface area contributed by atoms with Gasteiger partial charge in [0.2, 0.25) is 5.91 Å². The molecular weight excluding hydrogens is 474 g/mol. The molecule has 1 aliphatic rings. The SMILES string of the molecule is O=C(C=Cc1cc(Cl)ccc1-n1cnnn1)N[C@H]1CCCCCCCc2ccccc2-c2cnc1[nH]2. The average molecular weight is 502 g/mol. The van der Waals surface area contributed by atoms with Crippen LogP contribution in [0.3, 0.4) is 0 Å². The highest BCUT2D eigenvalue weighted by Crippen LogP contribution is 2.27. The van der Waals surface area contributed by atoms with E-state index in [-0.39, 0.29) is 11.9 Å². The number of benzene rings is 2. The minimum absolute atomic E-state index is 0.203. The number of hydrogen-bond donors (Lipinski definition) is 2. The summed E-state index contributed by atoms with van der Waals surface area (Å²) in [6.07, 6.45) is 14.2. The highest BCUT2D eigenvalue weighted by atomic mass is 35.5. The minimum Gasteiger partial charge on any atom is -0.343 e. The van der Waals surface area contributed by atoms with Crippen LogP contribution in [0.2, 0.25) is 5.02 Å². The van der Waals surface area contributed by atoms with Crippen LogP contribution in [0.1, 0.15) is 61.5 Å². The molecule has 4 aromatic rings. The van der Waals surface area contributed by atoms with Crippen molar-refractivity contribution in [3.8, 4) is 16.9 Å². The number of carbonyl (C=O) groups is 1. The number of hydrogen-bond acceptors (Lipinski definition) is 5. The molecule has 2 aromatic heterocycles. The van der Waals surface area contributed by atoms with Crippen LogP contribution in [-0.2, 0) is 11.2 Å². The average Bonchev–Trinajstić information content (AvgIpc) is 3.59. The lowest BCUT2D eigenvalue weighted by molar-refractivity contribution is -0.117. The van der Waals surface area contributed by atoms with Crippen molar-refractivity contribution in [1.82, 2.24) is 35.5 Å². The normalized spacial score (nSPS) is 16.5. The molecule has 184 valence electrons. The Hall–Kier alpha value is -3.78. The van der Waals surface area contributed by atoms with E-state index in [1.54, 1.807) is 18.2 Å². The van der Waals surface area contributed by atoms with Gasteiger partial charge in [0.05, 0.1) is 23.6 Å². The summed E-state index contributed by atoms with van der Waals surface area (Å²) < 4.78 is 1.53. The van der Waals surface area contributed by atoms with Crippen LogP contribution in [0, 0.1) is 0 Å². The molecule has 36 heavy (non-hydrogen) atoms. The molecule has 8 nitrogen and oxygen atoms in total. The number of rotatable bonds is 4. The van der Waals surface area contributed by atoms with Gasteiger partial charge >= 0.3 is 0 Å². The second-order valence-corrected chi connectivity index (χ2v) is 9.43. The number of carbonyl (C=O) groups excluding carboxylic acids is 1. The van der Waals surface area contributed by atoms with Crippen LogP contribution in [0.4, 0.5) is 0 Å². The quantitative estimate of drug-likeness (QED) is 0.361. The van der Waals surface area contributed by atoms with Crippen LogP contribution < -0.4 is 5.32 Å². The lowest BCUT2D eigenvalue weighted by Gasteiger charge is -2.16. The molecule has 3 heterocycles. The van der Waals surface area contributed by atoms with E-state index in [4.69, 9.17) is 11.6 Å². The molecule has 5 rings (SSSR count). The molecule has 0 spiro atoms. The predicted octanol–water partition coefficient (Wildman–Crippen LogP) is 5.47. The van der Waals surface area contributed by atoms with Gasteiger partial charge in [0.25, 0.3) is 0 Å². The van der Waals surface area contributed by atoms with E-state index in [1.807, 2.05) is 12.3 Å². The maximum Gasteiger partial charge on any atom is 0.244 e. The van der Waals surface area contributed by atoms with E-state index in [1.165, 1.54) is 47.5 Å². The number of aryl methyl sites for hydroxylation is 1. The first-order valence-electron chi connectivity index (χ1n) is 12.3. The van der Waals surface area contributed by atoms with E-state index in [9.17, 15) is 4.79 Å². The number of H-pyrrole nitrogens is 1. The van der Waals surface area contributed by atoms with Gasteiger partial charge in [0.15, 0.2) is 0 Å². The number of fused-ring (bicyclic) bond motifs is 4. The number of aromatic amines is 1. The molecule has 1 atom stereocenters. The van der Waals surface area contributed by atoms with E-state index < -0.39 is 0 Å². The van der Waals surface area contributed by atoms with Crippen LogP contribution in [0.25, 0.3) is 23.0 Å². The summed E-state index contributed by atoms with van der Waals surface area (Å²) in [4.78, 5) is 21.1. The summed E-state index contributed by atoms with van der Waals surface area (Å²) in [5.74, 6) is 0.572. The Morgan fingerprint density at radius 3 is 2.86 bits per heavy atom. The summed E-state index contributed by atoms with van der Waals surface area (Å²) in [6, 6.07) is 13.6. The molecule has 1 aliphatic heterocycles. The summed E-state index contributed by atoms with van der Waals surface area (Å²) >= 11 is 6.20. The van der Waals surface area contributed by atoms with Crippen molar-refractivity contribution in [3.63, 3.8) is 0 Å². The number of halogens is 1. The van der Waals surface area contributed by atoms with Gasteiger partial charge in [-0.2, -0.15) is 4.68 Å². The summed E-state index contributed by atoms with van der Waals surface area (Å²) in [5, 5.41) is 15.0. The topological polar surface area (TPSA) is 101 Å². The first kappa shape index (κ1) is 23.9. The lowest BCUT2D eigenvalue weighted by Crippen LogP contribution is -2.27. The zero-order valence-electron chi connectivity index (χ0n) is 19.9. The first-order valence-corrected chi connectivity index (χ1v) is 12.7. The van der Waals surface area contributed by atoms with Gasteiger partial charge < -0.3 is 10.3 Å². The van der Waals surface area contributed by atoms with E-state index >= 15 is 0 Å². The maximum atomic E-state index is 13.0. The van der Waals surface area contributed by atoms with Gasteiger partial charge in [-0.1, -0.05) is 61.5 Å². The number of tetrazole rings is 1. The molecule has 0 radical (unpaired) electrons. The Morgan fingerprint density at radius 1 is 1.11 bits per heavy atom. The summed E-state index contributed by atoms with van der Waals surface area (Å²) in [7, 11) is 0. The fourth-order valence-corrected chi connectivity index (χ4v) is 4.83. The van der Waals surface area contributed by atoms with Crippen molar-refractivity contribution in [2.24, 2.45) is 0 Å². The Bertz CT molecular complexity index is 1350. The zero-order chi connectivity index (χ0) is 24.7. The molecule has 9 heteroatoms. The smallest absolute Gasteiger partial charge is 0.244 e. The van der Waals surface area contributed by atoms with Crippen molar-refractivity contribution < 1.29 is 4.79 Å². The molecule has 0 saturated heterocycles. The number of amides is 1. The van der Waals surface area contributed by atoms with Crippen molar-refractivity contribution in [2.75, 3.05) is 0 Å². The van der Waals surface area contributed by atoms with Crippen molar-refractivity contribution >= 4 is 23.6 Å². The first-order chi connectivity index (χ1) is 17.7. The molecule has 0 fully saturated rings. The van der Waals surface area contributed by atoms with Gasteiger partial charge in [-0.3, -0.25) is 4.79 Å². The Labute approximate surface area is 214 Å². The maximum absolute atomic E-state index is 13.0. The number of imidazole rings is 1. The highest BCUT2D eigenvalue weighted by molar-refractivity contribution is 6.30. The monoisotopic (exact) mass is 501 g/mol. The number of nitrogens with one attached hydrogen (secondary N) is 2. The number of nitrogens with zero attached hydrogens (tertiary/aromatic N) is 5. The van der Waals surface area contributed by atoms with E-state index in [2.05, 4.69) is 55.1 Å². The van der Waals surface area contributed by atoms with Crippen LogP contribution in [-0.4, -0.2) is 36.1 Å². The van der Waals surface area contributed by atoms with Gasteiger partial charge in [0, 0.05) is 22.2 Å². The molecule has 0 saturated carbocycles. The van der Waals surface area contributed by atoms with Gasteiger partial charge in [-0.25, -0.2) is 4.98 Å². The minimum atomic E-state index is -0.206. The van der Waals surface area contributed by atoms with Gasteiger partial charge in [0.1, 0.15) is 12.2 Å². The number of aromatic nitrogens is 6. The second kappa shape index (κ2) is 11.3. The Morgan fingerprint density at radius 2 is 1.97 bits per heavy atom. The lowest BCUT2D eigenvalue weighted by atomic mass is 9.99. The summed E-state index contributed by atoms with van der Waals surface area (Å²) in [6.45, 7) is 0. The van der Waals surface area contributed by atoms with Crippen LogP contribution in [0.15, 0.2) is 61.1 Å². The zero-order valence-corrected chi connectivity index (χ0v) is 20.7. The molecule has 0 unspecified atom stereocenters. The molecule has 2 bridgehead atoms. The largest absolute Gasteiger partial charge is 0.343 e. The molecule has 0 aliphatic carbocycles. The standard InChI is InChI=1S/C27H28ClN7O/c28-21-13-14-25(35-18-30-33-34-35)20(16-21)12-15-26(36)31-23-11-5-3-1-2-4-8-19-9-6-7-10-22(19)24-17-29-27(23)32-24/h6-7,9-10,12-18,23H,1-5,8,11H2,(H,29,32)(H,31,36)/t23-/m0/s1. The van der Waals surface area contributed by atoms with E-state index in [0.29, 0.717) is 5.02 Å². The van der Waals surface area contributed by atoms with E-state index in [0.717, 1.165) is 48.5 Å².